The molecule has 5 saturated carbocycles. The van der Waals surface area contributed by atoms with E-state index in [4.69, 9.17) is 0 Å². The SMILES string of the molecule is BBB(C)N1C(=O)C2[C@@H](C1=O)[C@H]1C[C@@H]2[C@]2(CC[C@]3(CC4C[C@@H]3[C@@H]3C(=O)N(C)C(=O)C43)C2=O)C1. The van der Waals surface area contributed by atoms with Crippen molar-refractivity contribution >= 4 is 50.9 Å². The summed E-state index contributed by atoms with van der Waals surface area (Å²) in [7, 11) is 4.32. The molecule has 5 aliphatic carbocycles. The highest BCUT2D eigenvalue weighted by atomic mass is 16.2. The first-order chi connectivity index (χ1) is 15.7. The lowest BCUT2D eigenvalue weighted by Crippen LogP contribution is -2.49. The smallest absolute Gasteiger partial charge is 0.233 e. The molecule has 2 spiro atoms. The Morgan fingerprint density at radius 2 is 1.27 bits per heavy atom. The summed E-state index contributed by atoms with van der Waals surface area (Å²) >= 11 is 0. The van der Waals surface area contributed by atoms with Crippen molar-refractivity contribution in [3.8, 4) is 0 Å². The number of imide groups is 2. The summed E-state index contributed by atoms with van der Waals surface area (Å²) in [6.45, 7) is 1.84. The molecule has 4 bridgehead atoms. The minimum atomic E-state index is -0.509. The van der Waals surface area contributed by atoms with Crippen LogP contribution in [0.25, 0.3) is 0 Å². The molecule has 2 aliphatic heterocycles. The average Bonchev–Trinajstić information content (AvgIpc) is 3.63. The van der Waals surface area contributed by atoms with Gasteiger partial charge in [-0.25, -0.2) is 0 Å². The summed E-state index contributed by atoms with van der Waals surface area (Å²) in [4.78, 5) is 69.5. The molecule has 3 unspecified atom stereocenters. The van der Waals surface area contributed by atoms with Gasteiger partial charge in [-0.05, 0) is 62.2 Å². The molecule has 0 aromatic rings. The first-order valence-corrected chi connectivity index (χ1v) is 12.9. The first-order valence-electron chi connectivity index (χ1n) is 12.9. The highest BCUT2D eigenvalue weighted by molar-refractivity contribution is 7.30. The van der Waals surface area contributed by atoms with Crippen molar-refractivity contribution in [2.24, 2.45) is 58.2 Å². The zero-order valence-electron chi connectivity index (χ0n) is 19.6. The molecular weight excluding hydrogens is 417 g/mol. The van der Waals surface area contributed by atoms with E-state index in [9.17, 15) is 24.0 Å². The van der Waals surface area contributed by atoms with E-state index in [2.05, 4.69) is 0 Å². The van der Waals surface area contributed by atoms with Crippen LogP contribution in [0.4, 0.5) is 0 Å². The van der Waals surface area contributed by atoms with Crippen LogP contribution in [0.5, 0.6) is 0 Å². The summed E-state index contributed by atoms with van der Waals surface area (Å²) in [5.74, 6) is -0.898. The molecule has 2 saturated heterocycles. The number of amides is 4. The Kier molecular flexibility index (Phi) is 3.75. The number of likely N-dealkylation sites (tertiary alicyclic amines) is 1. The third kappa shape index (κ3) is 2.00. The second-order valence-corrected chi connectivity index (χ2v) is 12.4. The van der Waals surface area contributed by atoms with E-state index in [0.717, 1.165) is 45.6 Å². The molecule has 2 heterocycles. The van der Waals surface area contributed by atoms with Crippen LogP contribution in [-0.2, 0) is 24.0 Å². The van der Waals surface area contributed by atoms with Gasteiger partial charge in [0.2, 0.25) is 30.4 Å². The molecule has 10 atom stereocenters. The van der Waals surface area contributed by atoms with Gasteiger partial charge >= 0.3 is 0 Å². The van der Waals surface area contributed by atoms with E-state index in [1.165, 1.54) is 9.71 Å². The van der Waals surface area contributed by atoms with E-state index in [-0.39, 0.29) is 83.5 Å². The number of hydrogen-bond donors (Lipinski definition) is 0. The van der Waals surface area contributed by atoms with Gasteiger partial charge in [0.05, 0.1) is 38.5 Å². The zero-order chi connectivity index (χ0) is 23.2. The first kappa shape index (κ1) is 20.5. The molecule has 0 aromatic heterocycles. The second kappa shape index (κ2) is 6.03. The highest BCUT2D eigenvalue weighted by Crippen LogP contribution is 2.75. The molecule has 0 aromatic carbocycles. The number of Topliss-reactive ketones (excluding diaryl/α,β-unsaturated/α-hetero) is 1. The number of carbonyl (C=O) groups is 5. The van der Waals surface area contributed by atoms with Crippen LogP contribution < -0.4 is 0 Å². The molecule has 33 heavy (non-hydrogen) atoms. The average molecular weight is 446 g/mol. The lowest BCUT2D eigenvalue weighted by atomic mass is 9.20. The van der Waals surface area contributed by atoms with Crippen LogP contribution >= 0.6 is 0 Å². The molecule has 0 N–H and O–H groups in total. The Morgan fingerprint density at radius 1 is 0.818 bits per heavy atom. The minimum absolute atomic E-state index is 0.0114. The van der Waals surface area contributed by atoms with Crippen molar-refractivity contribution in [1.29, 1.82) is 0 Å². The van der Waals surface area contributed by atoms with Crippen LogP contribution in [-0.4, -0.2) is 67.7 Å². The van der Waals surface area contributed by atoms with Gasteiger partial charge in [-0.3, -0.25) is 28.9 Å². The Morgan fingerprint density at radius 3 is 1.82 bits per heavy atom. The predicted octanol–water partition coefficient (Wildman–Crippen LogP) is -0.663. The van der Waals surface area contributed by atoms with Crippen LogP contribution in [0.15, 0.2) is 0 Å². The molecule has 7 rings (SSSR count). The van der Waals surface area contributed by atoms with Gasteiger partial charge in [0.25, 0.3) is 0 Å². The summed E-state index contributed by atoms with van der Waals surface area (Å²) in [5.41, 5.74) is -1.01. The van der Waals surface area contributed by atoms with E-state index >= 15 is 0 Å². The van der Waals surface area contributed by atoms with E-state index in [0.29, 0.717) is 0 Å². The summed E-state index contributed by atoms with van der Waals surface area (Å²) in [6, 6.07) is 0. The molecule has 4 amide bonds. The van der Waals surface area contributed by atoms with Gasteiger partial charge in [-0.1, -0.05) is 6.82 Å². The molecule has 7 aliphatic rings. The Labute approximate surface area is 195 Å². The third-order valence-electron chi connectivity index (χ3n) is 11.7. The minimum Gasteiger partial charge on any atom is -0.338 e. The molecule has 10 heteroatoms. The largest absolute Gasteiger partial charge is 0.338 e. The molecule has 7 fully saturated rings. The zero-order valence-corrected chi connectivity index (χ0v) is 19.6. The van der Waals surface area contributed by atoms with Gasteiger partial charge in [-0.15, -0.1) is 0 Å². The lowest BCUT2D eigenvalue weighted by molar-refractivity contribution is -0.145. The quantitative estimate of drug-likeness (QED) is 0.415. The van der Waals surface area contributed by atoms with Gasteiger partial charge in [0, 0.05) is 17.9 Å². The van der Waals surface area contributed by atoms with E-state index in [1.54, 1.807) is 7.05 Å². The Hall–Kier alpha value is -1.86. The van der Waals surface area contributed by atoms with Crippen molar-refractivity contribution < 1.29 is 24.0 Å². The van der Waals surface area contributed by atoms with E-state index in [1.807, 2.05) is 14.6 Å². The van der Waals surface area contributed by atoms with E-state index < -0.39 is 10.8 Å². The number of hydrogen-bond acceptors (Lipinski definition) is 5. The van der Waals surface area contributed by atoms with Crippen LogP contribution in [0.3, 0.4) is 0 Å². The van der Waals surface area contributed by atoms with Gasteiger partial charge < -0.3 is 4.81 Å². The normalized spacial score (nSPS) is 51.2. The molecular formula is C23H29B3N2O5. The molecule has 0 radical (unpaired) electrons. The Bertz CT molecular complexity index is 1070. The van der Waals surface area contributed by atoms with Gasteiger partial charge in [0.1, 0.15) is 5.78 Å². The number of ketones is 1. The lowest BCUT2D eigenvalue weighted by Gasteiger charge is -2.42. The summed E-state index contributed by atoms with van der Waals surface area (Å²) in [6.07, 6.45) is 4.62. The second-order valence-electron chi connectivity index (χ2n) is 12.4. The van der Waals surface area contributed by atoms with Crippen molar-refractivity contribution in [3.63, 3.8) is 0 Å². The maximum Gasteiger partial charge on any atom is 0.233 e. The fraction of sp³-hybridized carbons (Fsp3) is 0.783. The maximum absolute atomic E-state index is 14.4. The topological polar surface area (TPSA) is 91.8 Å². The standard InChI is InChI=1S/C23H29B3N2O5/c1-26(25-24)28-19(31)14-10-6-12(16(14)20(28)32)23(8-10)4-3-22(21(23)33)7-9-5-11(22)15-13(9)17(29)27(2)18(15)30/h9-16,25H,3-8,24H2,1-2H3/t9?,10-,11+,12-,13?,14-,15-,16?,22+,23-/m0/s1. The number of rotatable bonds is 2. The van der Waals surface area contributed by atoms with Gasteiger partial charge in [0.15, 0.2) is 0 Å². The van der Waals surface area contributed by atoms with Crippen molar-refractivity contribution in [1.82, 2.24) is 9.71 Å². The monoisotopic (exact) mass is 446 g/mol. The third-order valence-corrected chi connectivity index (χ3v) is 11.7. The van der Waals surface area contributed by atoms with Crippen LogP contribution in [0.1, 0.15) is 38.5 Å². The fourth-order valence-electron chi connectivity index (χ4n) is 10.4. The predicted molar refractivity (Wildman–Crippen MR) is 122 cm³/mol. The van der Waals surface area contributed by atoms with Crippen LogP contribution in [0, 0.1) is 58.2 Å². The molecule has 170 valence electrons. The van der Waals surface area contributed by atoms with Crippen molar-refractivity contribution in [2.45, 2.75) is 45.3 Å². The number of fused-ring (bicyclic) bond motifs is 12. The number of carbonyl (C=O) groups excluding carboxylic acids is 5. The Balaban J connectivity index is 1.22. The van der Waals surface area contributed by atoms with Gasteiger partial charge in [-0.2, -0.15) is 0 Å². The molecule has 7 nitrogen and oxygen atoms in total. The summed E-state index contributed by atoms with van der Waals surface area (Å²) < 4.78 is 0. The summed E-state index contributed by atoms with van der Waals surface area (Å²) in [5, 5.41) is 0. The number of nitrogens with zero attached hydrogens (tertiary/aromatic N) is 2. The fourth-order valence-corrected chi connectivity index (χ4v) is 10.4. The van der Waals surface area contributed by atoms with Crippen LogP contribution in [0.2, 0.25) is 6.82 Å². The van der Waals surface area contributed by atoms with Crippen molar-refractivity contribution in [2.75, 3.05) is 7.05 Å². The maximum atomic E-state index is 14.4. The highest BCUT2D eigenvalue weighted by Gasteiger charge is 2.78. The van der Waals surface area contributed by atoms with Crippen molar-refractivity contribution in [3.05, 3.63) is 0 Å².